The quantitative estimate of drug-likeness (QED) is 0.749. The van der Waals surface area contributed by atoms with Crippen molar-refractivity contribution in [3.05, 3.63) is 59.0 Å². The lowest BCUT2D eigenvalue weighted by molar-refractivity contribution is -0.136. The molecular formula is C19H16FNO5. The number of halogens is 1. The molecule has 0 amide bonds. The summed E-state index contributed by atoms with van der Waals surface area (Å²) >= 11 is 0. The van der Waals surface area contributed by atoms with Crippen LogP contribution in [-0.4, -0.2) is 33.8 Å². The fraction of sp³-hybridized carbons (Fsp3) is 0.158. The van der Waals surface area contributed by atoms with E-state index in [1.807, 2.05) is 0 Å². The van der Waals surface area contributed by atoms with Crippen LogP contribution in [0.5, 0.6) is 11.5 Å². The molecule has 7 heteroatoms. The molecule has 2 aromatic carbocycles. The third-order valence-corrected chi connectivity index (χ3v) is 4.25. The van der Waals surface area contributed by atoms with Gasteiger partial charge in [-0.05, 0) is 42.8 Å². The van der Waals surface area contributed by atoms with Gasteiger partial charge in [-0.15, -0.1) is 0 Å². The number of phenolic OH excluding ortho intramolecular Hbond substituents is 1. The second-order valence-corrected chi connectivity index (χ2v) is 5.83. The second-order valence-electron chi connectivity index (χ2n) is 5.83. The molecule has 0 saturated heterocycles. The predicted molar refractivity (Wildman–Crippen MR) is 92.4 cm³/mol. The molecule has 0 aliphatic rings. The summed E-state index contributed by atoms with van der Waals surface area (Å²) in [7, 11) is 1.31. The number of carbonyl (C=O) groups excluding carboxylic acids is 1. The summed E-state index contributed by atoms with van der Waals surface area (Å²) in [5.74, 6) is -2.18. The largest absolute Gasteiger partial charge is 0.508 e. The molecule has 3 aromatic rings. The van der Waals surface area contributed by atoms with Gasteiger partial charge >= 0.3 is 5.97 Å². The van der Waals surface area contributed by atoms with Gasteiger partial charge < -0.3 is 14.9 Å². The van der Waals surface area contributed by atoms with E-state index in [9.17, 15) is 24.2 Å². The van der Waals surface area contributed by atoms with Crippen LogP contribution in [0, 0.1) is 12.7 Å². The molecule has 6 nitrogen and oxygen atoms in total. The molecule has 0 saturated carbocycles. The molecule has 1 heterocycles. The zero-order chi connectivity index (χ0) is 19.0. The minimum absolute atomic E-state index is 0.0120. The smallest absolute Gasteiger partial charge is 0.307 e. The zero-order valence-corrected chi connectivity index (χ0v) is 14.1. The first-order valence-electron chi connectivity index (χ1n) is 7.76. The van der Waals surface area contributed by atoms with Crippen LogP contribution >= 0.6 is 0 Å². The van der Waals surface area contributed by atoms with Gasteiger partial charge in [-0.3, -0.25) is 14.2 Å². The molecule has 134 valence electrons. The van der Waals surface area contributed by atoms with Gasteiger partial charge in [0, 0.05) is 22.7 Å². The van der Waals surface area contributed by atoms with Crippen molar-refractivity contribution >= 4 is 22.8 Å². The van der Waals surface area contributed by atoms with Crippen molar-refractivity contribution in [1.29, 1.82) is 0 Å². The highest BCUT2D eigenvalue weighted by Gasteiger charge is 2.23. The van der Waals surface area contributed by atoms with Crippen molar-refractivity contribution in [3.8, 4) is 11.5 Å². The number of carboxylic acid groups (broad SMARTS) is 1. The molecule has 26 heavy (non-hydrogen) atoms. The lowest BCUT2D eigenvalue weighted by Gasteiger charge is -2.08. The van der Waals surface area contributed by atoms with Crippen LogP contribution in [-0.2, 0) is 11.2 Å². The Morgan fingerprint density at radius 2 is 1.85 bits per heavy atom. The molecule has 0 spiro atoms. The topological polar surface area (TPSA) is 88.8 Å². The van der Waals surface area contributed by atoms with Crippen molar-refractivity contribution in [1.82, 2.24) is 4.57 Å². The molecule has 0 fully saturated rings. The monoisotopic (exact) mass is 357 g/mol. The maximum Gasteiger partial charge on any atom is 0.307 e. The van der Waals surface area contributed by atoms with Crippen molar-refractivity contribution in [3.63, 3.8) is 0 Å². The third-order valence-electron chi connectivity index (χ3n) is 4.25. The van der Waals surface area contributed by atoms with E-state index >= 15 is 0 Å². The van der Waals surface area contributed by atoms with Crippen LogP contribution in [0.3, 0.4) is 0 Å². The van der Waals surface area contributed by atoms with Crippen LogP contribution in [0.1, 0.15) is 21.6 Å². The Hall–Kier alpha value is -3.35. The fourth-order valence-electron chi connectivity index (χ4n) is 3.01. The zero-order valence-electron chi connectivity index (χ0n) is 14.1. The number of benzene rings is 2. The minimum atomic E-state index is -1.06. The molecule has 0 radical (unpaired) electrons. The van der Waals surface area contributed by atoms with Crippen LogP contribution in [0.25, 0.3) is 10.9 Å². The van der Waals surface area contributed by atoms with Crippen LogP contribution in [0.2, 0.25) is 0 Å². The Kier molecular flexibility index (Phi) is 4.38. The molecule has 0 bridgehead atoms. The lowest BCUT2D eigenvalue weighted by Crippen LogP contribution is -2.14. The van der Waals surface area contributed by atoms with E-state index in [2.05, 4.69) is 0 Å². The van der Waals surface area contributed by atoms with Gasteiger partial charge in [0.2, 0.25) is 0 Å². The van der Waals surface area contributed by atoms with E-state index in [1.54, 1.807) is 6.92 Å². The average molecular weight is 357 g/mol. The summed E-state index contributed by atoms with van der Waals surface area (Å²) in [5, 5.41) is 19.0. The first-order chi connectivity index (χ1) is 12.3. The van der Waals surface area contributed by atoms with Crippen molar-refractivity contribution in [2.45, 2.75) is 13.3 Å². The summed E-state index contributed by atoms with van der Waals surface area (Å²) < 4.78 is 20.5. The molecule has 0 aliphatic carbocycles. The minimum Gasteiger partial charge on any atom is -0.508 e. The van der Waals surface area contributed by atoms with E-state index in [0.29, 0.717) is 16.6 Å². The number of fused-ring (bicyclic) bond motifs is 1. The summed E-state index contributed by atoms with van der Waals surface area (Å²) in [6.07, 6.45) is -0.313. The van der Waals surface area contributed by atoms with Gasteiger partial charge in [0.05, 0.1) is 19.0 Å². The maximum atomic E-state index is 14.2. The standard InChI is InChI=1S/C19H16FNO5/c1-10-13(8-18(23)24)14-7-17(26-2)15(20)9-16(14)21(10)19(25)11-3-5-12(22)6-4-11/h3-7,9,22H,8H2,1-2H3,(H,23,24). The molecule has 0 atom stereocenters. The molecule has 0 aliphatic heterocycles. The summed E-state index contributed by atoms with van der Waals surface area (Å²) in [5.41, 5.74) is 1.36. The van der Waals surface area contributed by atoms with Gasteiger partial charge in [-0.2, -0.15) is 0 Å². The van der Waals surface area contributed by atoms with E-state index < -0.39 is 17.7 Å². The van der Waals surface area contributed by atoms with Gasteiger partial charge in [-0.25, -0.2) is 4.39 Å². The van der Waals surface area contributed by atoms with E-state index in [4.69, 9.17) is 4.74 Å². The van der Waals surface area contributed by atoms with Crippen LogP contribution in [0.15, 0.2) is 36.4 Å². The number of aliphatic carboxylic acids is 1. The number of phenols is 1. The summed E-state index contributed by atoms with van der Waals surface area (Å²) in [4.78, 5) is 24.2. The number of aromatic nitrogens is 1. The number of hydrogen-bond acceptors (Lipinski definition) is 4. The Balaban J connectivity index is 2.28. The number of ether oxygens (including phenoxy) is 1. The summed E-state index contributed by atoms with van der Waals surface area (Å²) in [6.45, 7) is 1.61. The van der Waals surface area contributed by atoms with E-state index in [0.717, 1.165) is 6.07 Å². The number of carbonyl (C=O) groups is 2. The highest BCUT2D eigenvalue weighted by atomic mass is 19.1. The first kappa shape index (κ1) is 17.5. The molecule has 3 rings (SSSR count). The highest BCUT2D eigenvalue weighted by molar-refractivity contribution is 6.05. The average Bonchev–Trinajstić information content (AvgIpc) is 2.85. The fourth-order valence-corrected chi connectivity index (χ4v) is 3.01. The molecule has 0 unspecified atom stereocenters. The second kappa shape index (κ2) is 6.51. The normalized spacial score (nSPS) is 10.9. The number of hydrogen-bond donors (Lipinski definition) is 2. The number of nitrogens with zero attached hydrogens (tertiary/aromatic N) is 1. The van der Waals surface area contributed by atoms with E-state index in [-0.39, 0.29) is 29.0 Å². The van der Waals surface area contributed by atoms with E-state index in [1.165, 1.54) is 42.0 Å². The lowest BCUT2D eigenvalue weighted by atomic mass is 10.1. The van der Waals surface area contributed by atoms with Crippen molar-refractivity contribution < 1.29 is 28.9 Å². The predicted octanol–water partition coefficient (Wildman–Crippen LogP) is 3.12. The van der Waals surface area contributed by atoms with Crippen molar-refractivity contribution in [2.24, 2.45) is 0 Å². The number of methoxy groups -OCH3 is 1. The van der Waals surface area contributed by atoms with Gasteiger partial charge in [-0.1, -0.05) is 0 Å². The molecule has 2 N–H and O–H groups in total. The Morgan fingerprint density at radius 3 is 2.42 bits per heavy atom. The summed E-state index contributed by atoms with van der Waals surface area (Å²) in [6, 6.07) is 8.19. The number of rotatable bonds is 4. The SMILES string of the molecule is COc1cc2c(CC(=O)O)c(C)n(C(=O)c3ccc(O)cc3)c2cc1F. The molecule has 1 aromatic heterocycles. The van der Waals surface area contributed by atoms with Gasteiger partial charge in [0.1, 0.15) is 5.75 Å². The number of aromatic hydroxyl groups is 1. The highest BCUT2D eigenvalue weighted by Crippen LogP contribution is 2.32. The maximum absolute atomic E-state index is 14.2. The number of carboxylic acids is 1. The molecular weight excluding hydrogens is 341 g/mol. The Morgan fingerprint density at radius 1 is 1.19 bits per heavy atom. The van der Waals surface area contributed by atoms with Gasteiger partial charge in [0.15, 0.2) is 11.6 Å². The van der Waals surface area contributed by atoms with Crippen LogP contribution < -0.4 is 4.74 Å². The third kappa shape index (κ3) is 2.88. The van der Waals surface area contributed by atoms with Gasteiger partial charge in [0.25, 0.3) is 5.91 Å². The Labute approximate surface area is 148 Å². The Bertz CT molecular complexity index is 1020. The first-order valence-corrected chi connectivity index (χ1v) is 7.76. The van der Waals surface area contributed by atoms with Crippen molar-refractivity contribution in [2.75, 3.05) is 7.11 Å². The van der Waals surface area contributed by atoms with Crippen LogP contribution in [0.4, 0.5) is 4.39 Å².